The van der Waals surface area contributed by atoms with E-state index < -0.39 is 6.03 Å². The number of nitrogens with one attached hydrogen (secondary N) is 1. The Bertz CT molecular complexity index is 749. The molecule has 0 fully saturated rings. The molecule has 0 aliphatic rings. The largest absolute Gasteiger partial charge is 0.352 e. The summed E-state index contributed by atoms with van der Waals surface area (Å²) in [5.41, 5.74) is 8.93. The highest BCUT2D eigenvalue weighted by molar-refractivity contribution is 5.72. The van der Waals surface area contributed by atoms with Crippen LogP contribution in [0, 0.1) is 0 Å². The van der Waals surface area contributed by atoms with Crippen molar-refractivity contribution in [1.29, 1.82) is 0 Å². The van der Waals surface area contributed by atoms with Crippen LogP contribution in [-0.4, -0.2) is 6.03 Å². The first-order valence-electron chi connectivity index (χ1n) is 8.45. The molecule has 0 saturated heterocycles. The van der Waals surface area contributed by atoms with Crippen LogP contribution in [0.1, 0.15) is 35.1 Å². The molecule has 0 aliphatic carbocycles. The SMILES string of the molecule is NC(=O)NC(CC(c1ccccc1)c1ccccc1)c1ccccc1. The van der Waals surface area contributed by atoms with E-state index in [2.05, 4.69) is 29.6 Å². The van der Waals surface area contributed by atoms with Crippen molar-refractivity contribution >= 4 is 6.03 Å². The Hall–Kier alpha value is -3.07. The number of benzene rings is 3. The van der Waals surface area contributed by atoms with E-state index in [4.69, 9.17) is 5.73 Å². The number of amides is 2. The van der Waals surface area contributed by atoms with Crippen LogP contribution in [0.2, 0.25) is 0 Å². The van der Waals surface area contributed by atoms with Crippen LogP contribution in [-0.2, 0) is 0 Å². The van der Waals surface area contributed by atoms with Gasteiger partial charge in [-0.2, -0.15) is 0 Å². The molecule has 126 valence electrons. The van der Waals surface area contributed by atoms with Gasteiger partial charge in [-0.15, -0.1) is 0 Å². The van der Waals surface area contributed by atoms with Crippen LogP contribution in [0.25, 0.3) is 0 Å². The Kier molecular flexibility index (Phi) is 5.47. The predicted octanol–water partition coefficient (Wildman–Crippen LogP) is 4.62. The molecule has 3 heteroatoms. The standard InChI is InChI=1S/C22H22N2O/c23-22(25)24-21(19-14-8-3-9-15-19)16-20(17-10-4-1-5-11-17)18-12-6-2-7-13-18/h1-15,20-21H,16H2,(H3,23,24,25). The zero-order valence-corrected chi connectivity index (χ0v) is 14.0. The second-order valence-corrected chi connectivity index (χ2v) is 6.08. The topological polar surface area (TPSA) is 55.1 Å². The molecule has 0 radical (unpaired) electrons. The Morgan fingerprint density at radius 1 is 0.720 bits per heavy atom. The van der Waals surface area contributed by atoms with Gasteiger partial charge >= 0.3 is 6.03 Å². The quantitative estimate of drug-likeness (QED) is 0.681. The molecule has 3 aromatic rings. The lowest BCUT2D eigenvalue weighted by atomic mass is 9.84. The van der Waals surface area contributed by atoms with Gasteiger partial charge < -0.3 is 11.1 Å². The van der Waals surface area contributed by atoms with Gasteiger partial charge in [0.2, 0.25) is 0 Å². The third-order valence-electron chi connectivity index (χ3n) is 4.39. The molecule has 2 amide bonds. The van der Waals surface area contributed by atoms with E-state index >= 15 is 0 Å². The lowest BCUT2D eigenvalue weighted by Crippen LogP contribution is -2.34. The van der Waals surface area contributed by atoms with Crippen molar-refractivity contribution in [3.63, 3.8) is 0 Å². The maximum Gasteiger partial charge on any atom is 0.312 e. The molecule has 1 atom stereocenters. The minimum absolute atomic E-state index is 0.149. The number of urea groups is 1. The van der Waals surface area contributed by atoms with Crippen LogP contribution >= 0.6 is 0 Å². The van der Waals surface area contributed by atoms with Crippen LogP contribution in [0.3, 0.4) is 0 Å². The van der Waals surface area contributed by atoms with E-state index in [1.807, 2.05) is 66.7 Å². The molecule has 0 bridgehead atoms. The van der Waals surface area contributed by atoms with Crippen molar-refractivity contribution in [1.82, 2.24) is 5.32 Å². The summed E-state index contributed by atoms with van der Waals surface area (Å²) >= 11 is 0. The fourth-order valence-corrected chi connectivity index (χ4v) is 3.21. The molecule has 0 aromatic heterocycles. The summed E-state index contributed by atoms with van der Waals surface area (Å²) in [4.78, 5) is 11.5. The normalized spacial score (nSPS) is 11.9. The lowest BCUT2D eigenvalue weighted by molar-refractivity contribution is 0.244. The zero-order chi connectivity index (χ0) is 17.5. The smallest absolute Gasteiger partial charge is 0.312 e. The Balaban J connectivity index is 1.96. The molecule has 0 aliphatic heterocycles. The highest BCUT2D eigenvalue weighted by Gasteiger charge is 2.22. The van der Waals surface area contributed by atoms with Gasteiger partial charge in [0.1, 0.15) is 0 Å². The second-order valence-electron chi connectivity index (χ2n) is 6.08. The van der Waals surface area contributed by atoms with Gasteiger partial charge in [0.15, 0.2) is 0 Å². The molecule has 3 N–H and O–H groups in total. The van der Waals surface area contributed by atoms with Crippen molar-refractivity contribution in [2.24, 2.45) is 5.73 Å². The number of rotatable bonds is 6. The second kappa shape index (κ2) is 8.15. The van der Waals surface area contributed by atoms with Gasteiger partial charge in [-0.25, -0.2) is 4.79 Å². The predicted molar refractivity (Wildman–Crippen MR) is 101 cm³/mol. The van der Waals surface area contributed by atoms with Gasteiger partial charge in [-0.3, -0.25) is 0 Å². The summed E-state index contributed by atoms with van der Waals surface area (Å²) in [6.45, 7) is 0. The van der Waals surface area contributed by atoms with Gasteiger partial charge in [0.25, 0.3) is 0 Å². The highest BCUT2D eigenvalue weighted by Crippen LogP contribution is 2.33. The van der Waals surface area contributed by atoms with Crippen molar-refractivity contribution in [3.05, 3.63) is 108 Å². The molecule has 3 rings (SSSR count). The molecular formula is C22H22N2O. The molecule has 1 unspecified atom stereocenters. The minimum atomic E-state index is -0.506. The van der Waals surface area contributed by atoms with E-state index in [-0.39, 0.29) is 12.0 Å². The first-order valence-corrected chi connectivity index (χ1v) is 8.45. The summed E-state index contributed by atoms with van der Waals surface area (Å²) < 4.78 is 0. The molecule has 3 aromatic carbocycles. The number of hydrogen-bond donors (Lipinski definition) is 2. The third-order valence-corrected chi connectivity index (χ3v) is 4.39. The van der Waals surface area contributed by atoms with Crippen molar-refractivity contribution in [3.8, 4) is 0 Å². The van der Waals surface area contributed by atoms with E-state index in [9.17, 15) is 4.79 Å². The van der Waals surface area contributed by atoms with Gasteiger partial charge in [-0.1, -0.05) is 91.0 Å². The number of carbonyl (C=O) groups is 1. The van der Waals surface area contributed by atoms with Gasteiger partial charge in [0, 0.05) is 5.92 Å². The van der Waals surface area contributed by atoms with Gasteiger partial charge in [0.05, 0.1) is 6.04 Å². The fourth-order valence-electron chi connectivity index (χ4n) is 3.21. The fraction of sp³-hybridized carbons (Fsp3) is 0.136. The average Bonchev–Trinajstić information content (AvgIpc) is 2.67. The van der Waals surface area contributed by atoms with E-state index in [1.54, 1.807) is 0 Å². The number of carbonyl (C=O) groups excluding carboxylic acids is 1. The van der Waals surface area contributed by atoms with Crippen molar-refractivity contribution in [2.75, 3.05) is 0 Å². The summed E-state index contributed by atoms with van der Waals surface area (Å²) in [6, 6.07) is 30.0. The Labute approximate surface area is 148 Å². The summed E-state index contributed by atoms with van der Waals surface area (Å²) in [5.74, 6) is 0.166. The van der Waals surface area contributed by atoms with Crippen LogP contribution < -0.4 is 11.1 Å². The third kappa shape index (κ3) is 4.48. The molecule has 0 heterocycles. The number of hydrogen-bond acceptors (Lipinski definition) is 1. The summed E-state index contributed by atoms with van der Waals surface area (Å²) in [6.07, 6.45) is 0.737. The first-order chi connectivity index (χ1) is 12.2. The van der Waals surface area contributed by atoms with E-state index in [0.29, 0.717) is 0 Å². The first kappa shape index (κ1) is 16.8. The molecule has 3 nitrogen and oxygen atoms in total. The van der Waals surface area contributed by atoms with Gasteiger partial charge in [-0.05, 0) is 23.1 Å². The van der Waals surface area contributed by atoms with Crippen LogP contribution in [0.15, 0.2) is 91.0 Å². The molecular weight excluding hydrogens is 308 g/mol. The number of nitrogens with two attached hydrogens (primary N) is 1. The minimum Gasteiger partial charge on any atom is -0.352 e. The maximum atomic E-state index is 11.5. The average molecular weight is 330 g/mol. The lowest BCUT2D eigenvalue weighted by Gasteiger charge is -2.25. The number of primary amides is 1. The highest BCUT2D eigenvalue weighted by atomic mass is 16.2. The zero-order valence-electron chi connectivity index (χ0n) is 14.0. The van der Waals surface area contributed by atoms with Crippen LogP contribution in [0.5, 0.6) is 0 Å². The van der Waals surface area contributed by atoms with Crippen molar-refractivity contribution < 1.29 is 4.79 Å². The van der Waals surface area contributed by atoms with Crippen LogP contribution in [0.4, 0.5) is 4.79 Å². The monoisotopic (exact) mass is 330 g/mol. The molecule has 25 heavy (non-hydrogen) atoms. The van der Waals surface area contributed by atoms with Crippen molar-refractivity contribution in [2.45, 2.75) is 18.4 Å². The Morgan fingerprint density at radius 2 is 1.12 bits per heavy atom. The summed E-state index contributed by atoms with van der Waals surface area (Å²) in [7, 11) is 0. The van der Waals surface area contributed by atoms with E-state index in [1.165, 1.54) is 11.1 Å². The Morgan fingerprint density at radius 3 is 1.52 bits per heavy atom. The molecule has 0 spiro atoms. The summed E-state index contributed by atoms with van der Waals surface area (Å²) in [5, 5.41) is 2.91. The molecule has 0 saturated carbocycles. The van der Waals surface area contributed by atoms with E-state index in [0.717, 1.165) is 12.0 Å². The maximum absolute atomic E-state index is 11.5.